The summed E-state index contributed by atoms with van der Waals surface area (Å²) in [6.45, 7) is 1.91. The summed E-state index contributed by atoms with van der Waals surface area (Å²) in [4.78, 5) is 12.4. The van der Waals surface area contributed by atoms with Crippen LogP contribution in [-0.2, 0) is 12.8 Å². The van der Waals surface area contributed by atoms with Gasteiger partial charge in [-0.2, -0.15) is 10.2 Å². The Bertz CT molecular complexity index is 989. The number of nitrogens with one attached hydrogen (secondary N) is 2. The molecule has 0 saturated heterocycles. The summed E-state index contributed by atoms with van der Waals surface area (Å²) in [5, 5.41) is 11.3. The van der Waals surface area contributed by atoms with Crippen LogP contribution in [0.5, 0.6) is 0 Å². The standard InChI is InChI=1S/C22H22N4O/c1-15(18-12-11-16-7-5-6-10-19(16)13-18)23-26-22(27)21-14-20(24-25-21)17-8-3-2-4-9-17/h2-4,8-9,11-14H,5-7,10H2,1H3,(H,24,25)(H,26,27)/b23-15-. The SMILES string of the molecule is C/C(=N/NC(=O)c1cc(-c2ccccc2)n[nH]1)c1ccc2c(c1)CCCC2. The number of rotatable bonds is 4. The van der Waals surface area contributed by atoms with Gasteiger partial charge in [-0.25, -0.2) is 5.43 Å². The van der Waals surface area contributed by atoms with Crippen LogP contribution in [0.15, 0.2) is 59.7 Å². The Kier molecular flexibility index (Phi) is 4.83. The van der Waals surface area contributed by atoms with E-state index in [2.05, 4.69) is 38.9 Å². The van der Waals surface area contributed by atoms with Crippen molar-refractivity contribution in [1.82, 2.24) is 15.6 Å². The molecule has 1 amide bonds. The molecule has 1 heterocycles. The van der Waals surface area contributed by atoms with Gasteiger partial charge in [0.15, 0.2) is 0 Å². The third-order valence-electron chi connectivity index (χ3n) is 4.98. The summed E-state index contributed by atoms with van der Waals surface area (Å²) in [5.41, 5.74) is 9.38. The number of hydrazone groups is 1. The van der Waals surface area contributed by atoms with Crippen LogP contribution in [0.3, 0.4) is 0 Å². The first-order chi connectivity index (χ1) is 13.2. The number of amides is 1. The number of nitrogens with zero attached hydrogens (tertiary/aromatic N) is 2. The summed E-state index contributed by atoms with van der Waals surface area (Å²) in [5.74, 6) is -0.304. The van der Waals surface area contributed by atoms with Gasteiger partial charge in [0.25, 0.3) is 5.91 Å². The predicted octanol–water partition coefficient (Wildman–Crippen LogP) is 4.11. The van der Waals surface area contributed by atoms with Crippen molar-refractivity contribution in [2.45, 2.75) is 32.6 Å². The number of hydrogen-bond donors (Lipinski definition) is 2. The zero-order chi connectivity index (χ0) is 18.6. The number of hydrogen-bond acceptors (Lipinski definition) is 3. The second-order valence-corrected chi connectivity index (χ2v) is 6.86. The van der Waals surface area contributed by atoms with E-state index in [4.69, 9.17) is 0 Å². The van der Waals surface area contributed by atoms with E-state index in [1.807, 2.05) is 37.3 Å². The van der Waals surface area contributed by atoms with E-state index >= 15 is 0 Å². The maximum atomic E-state index is 12.4. The Morgan fingerprint density at radius 1 is 1.04 bits per heavy atom. The second-order valence-electron chi connectivity index (χ2n) is 6.86. The Labute approximate surface area is 158 Å². The first kappa shape index (κ1) is 17.2. The highest BCUT2D eigenvalue weighted by atomic mass is 16.2. The van der Waals surface area contributed by atoms with Gasteiger partial charge in [0.2, 0.25) is 0 Å². The number of benzene rings is 2. The summed E-state index contributed by atoms with van der Waals surface area (Å²) in [7, 11) is 0. The van der Waals surface area contributed by atoms with Gasteiger partial charge >= 0.3 is 0 Å². The predicted molar refractivity (Wildman–Crippen MR) is 107 cm³/mol. The fourth-order valence-electron chi connectivity index (χ4n) is 3.41. The van der Waals surface area contributed by atoms with E-state index in [0.29, 0.717) is 5.69 Å². The summed E-state index contributed by atoms with van der Waals surface area (Å²) < 4.78 is 0. The first-order valence-corrected chi connectivity index (χ1v) is 9.28. The van der Waals surface area contributed by atoms with Crippen molar-refractivity contribution < 1.29 is 4.79 Å². The van der Waals surface area contributed by atoms with Gasteiger partial charge in [0.05, 0.1) is 11.4 Å². The highest BCUT2D eigenvalue weighted by Crippen LogP contribution is 2.22. The zero-order valence-corrected chi connectivity index (χ0v) is 15.3. The number of carbonyl (C=O) groups is 1. The van der Waals surface area contributed by atoms with Crippen LogP contribution in [0.25, 0.3) is 11.3 Å². The third-order valence-corrected chi connectivity index (χ3v) is 4.98. The van der Waals surface area contributed by atoms with Crippen molar-refractivity contribution in [3.8, 4) is 11.3 Å². The molecule has 0 radical (unpaired) electrons. The minimum absolute atomic E-state index is 0.304. The smallest absolute Gasteiger partial charge is 0.272 e. The number of aryl methyl sites for hydroxylation is 2. The number of aromatic amines is 1. The van der Waals surface area contributed by atoms with Crippen LogP contribution in [0, 0.1) is 0 Å². The molecular weight excluding hydrogens is 336 g/mol. The highest BCUT2D eigenvalue weighted by molar-refractivity contribution is 6.00. The minimum Gasteiger partial charge on any atom is -0.272 e. The summed E-state index contributed by atoms with van der Waals surface area (Å²) in [6, 6.07) is 17.9. The highest BCUT2D eigenvalue weighted by Gasteiger charge is 2.12. The number of aromatic nitrogens is 2. The van der Waals surface area contributed by atoms with Crippen LogP contribution in [0.4, 0.5) is 0 Å². The van der Waals surface area contributed by atoms with Crippen molar-refractivity contribution in [3.05, 3.63) is 77.0 Å². The van der Waals surface area contributed by atoms with Crippen molar-refractivity contribution in [1.29, 1.82) is 0 Å². The molecule has 3 aromatic rings. The lowest BCUT2D eigenvalue weighted by Gasteiger charge is -2.16. The minimum atomic E-state index is -0.304. The zero-order valence-electron chi connectivity index (χ0n) is 15.3. The molecule has 1 aromatic heterocycles. The molecule has 27 heavy (non-hydrogen) atoms. The maximum absolute atomic E-state index is 12.4. The molecule has 1 aliphatic carbocycles. The molecule has 1 aliphatic rings. The number of fused-ring (bicyclic) bond motifs is 1. The van der Waals surface area contributed by atoms with E-state index in [1.165, 1.54) is 24.0 Å². The molecular formula is C22H22N4O. The van der Waals surface area contributed by atoms with Gasteiger partial charge in [0, 0.05) is 5.56 Å². The van der Waals surface area contributed by atoms with Crippen LogP contribution < -0.4 is 5.43 Å². The van der Waals surface area contributed by atoms with Gasteiger partial charge < -0.3 is 0 Å². The van der Waals surface area contributed by atoms with Crippen LogP contribution >= 0.6 is 0 Å². The monoisotopic (exact) mass is 358 g/mol. The van der Waals surface area contributed by atoms with E-state index in [1.54, 1.807) is 6.07 Å². The summed E-state index contributed by atoms with van der Waals surface area (Å²) in [6.07, 6.45) is 4.79. The fourth-order valence-corrected chi connectivity index (χ4v) is 3.41. The molecule has 4 rings (SSSR count). The molecule has 2 N–H and O–H groups in total. The number of carbonyl (C=O) groups excluding carboxylic acids is 1. The topological polar surface area (TPSA) is 70.1 Å². The van der Waals surface area contributed by atoms with Crippen LogP contribution in [0.2, 0.25) is 0 Å². The van der Waals surface area contributed by atoms with E-state index in [-0.39, 0.29) is 5.91 Å². The fraction of sp³-hybridized carbons (Fsp3) is 0.227. The molecule has 0 atom stereocenters. The van der Waals surface area contributed by atoms with Crippen molar-refractivity contribution in [2.24, 2.45) is 5.10 Å². The first-order valence-electron chi connectivity index (χ1n) is 9.28. The second kappa shape index (κ2) is 7.58. The molecule has 5 heteroatoms. The van der Waals surface area contributed by atoms with Gasteiger partial charge in [-0.3, -0.25) is 9.89 Å². The molecule has 0 spiro atoms. The van der Waals surface area contributed by atoms with Crippen molar-refractivity contribution in [2.75, 3.05) is 0 Å². The van der Waals surface area contributed by atoms with E-state index in [9.17, 15) is 4.79 Å². The van der Waals surface area contributed by atoms with Gasteiger partial charge in [-0.05, 0) is 61.4 Å². The molecule has 0 fully saturated rings. The Balaban J connectivity index is 1.46. The third kappa shape index (κ3) is 3.82. The maximum Gasteiger partial charge on any atom is 0.289 e. The summed E-state index contributed by atoms with van der Waals surface area (Å²) >= 11 is 0. The largest absolute Gasteiger partial charge is 0.289 e. The quantitative estimate of drug-likeness (QED) is 0.544. The normalized spacial score (nSPS) is 13.9. The number of H-pyrrole nitrogens is 1. The molecule has 136 valence electrons. The van der Waals surface area contributed by atoms with Gasteiger partial charge in [-0.15, -0.1) is 0 Å². The lowest BCUT2D eigenvalue weighted by molar-refractivity contribution is 0.0950. The molecule has 0 saturated carbocycles. The molecule has 2 aromatic carbocycles. The Morgan fingerprint density at radius 2 is 1.81 bits per heavy atom. The van der Waals surface area contributed by atoms with Gasteiger partial charge in [-0.1, -0.05) is 42.5 Å². The molecule has 0 bridgehead atoms. The van der Waals surface area contributed by atoms with Crippen molar-refractivity contribution >= 4 is 11.6 Å². The molecule has 5 nitrogen and oxygen atoms in total. The van der Waals surface area contributed by atoms with Crippen molar-refractivity contribution in [3.63, 3.8) is 0 Å². The lowest BCUT2D eigenvalue weighted by atomic mass is 9.90. The lowest BCUT2D eigenvalue weighted by Crippen LogP contribution is -2.19. The van der Waals surface area contributed by atoms with Crippen LogP contribution in [0.1, 0.15) is 46.9 Å². The molecule has 0 unspecified atom stereocenters. The Morgan fingerprint density at radius 3 is 2.63 bits per heavy atom. The Hall–Kier alpha value is -3.21. The molecule has 0 aliphatic heterocycles. The average molecular weight is 358 g/mol. The van der Waals surface area contributed by atoms with E-state index in [0.717, 1.165) is 35.4 Å². The van der Waals surface area contributed by atoms with Gasteiger partial charge in [0.1, 0.15) is 5.69 Å². The van der Waals surface area contributed by atoms with Crippen LogP contribution in [-0.4, -0.2) is 21.8 Å². The average Bonchev–Trinajstić information content (AvgIpc) is 3.22. The van der Waals surface area contributed by atoms with E-state index < -0.39 is 0 Å².